The second-order valence-electron chi connectivity index (χ2n) is 4.98. The van der Waals surface area contributed by atoms with Gasteiger partial charge in [-0.15, -0.1) is 0 Å². The molecule has 1 atom stereocenters. The van der Waals surface area contributed by atoms with Crippen molar-refractivity contribution in [3.8, 4) is 11.5 Å². The summed E-state index contributed by atoms with van der Waals surface area (Å²) in [6.07, 6.45) is 0.0331. The van der Waals surface area contributed by atoms with Crippen molar-refractivity contribution in [2.75, 3.05) is 13.7 Å². The molecule has 0 spiro atoms. The Kier molecular flexibility index (Phi) is 3.60. The fraction of sp³-hybridized carbons (Fsp3) is 0.235. The van der Waals surface area contributed by atoms with E-state index in [1.54, 1.807) is 12.1 Å². The zero-order valence-electron chi connectivity index (χ0n) is 11.6. The number of methoxy groups -OCH3 is 1. The van der Waals surface area contributed by atoms with Crippen molar-refractivity contribution < 1.29 is 18.7 Å². The van der Waals surface area contributed by atoms with Gasteiger partial charge >= 0.3 is 0 Å². The van der Waals surface area contributed by atoms with Gasteiger partial charge in [0.25, 0.3) is 0 Å². The largest absolute Gasteiger partial charge is 0.494 e. The van der Waals surface area contributed by atoms with Gasteiger partial charge in [-0.2, -0.15) is 0 Å². The molecule has 0 saturated heterocycles. The molecule has 0 aromatic heterocycles. The van der Waals surface area contributed by atoms with E-state index >= 15 is 0 Å². The van der Waals surface area contributed by atoms with Crippen molar-refractivity contribution in [1.29, 1.82) is 0 Å². The van der Waals surface area contributed by atoms with Crippen LogP contribution < -0.4 is 9.47 Å². The summed E-state index contributed by atoms with van der Waals surface area (Å²) in [6, 6.07) is 12.3. The Bertz CT molecular complexity index is 681. The third kappa shape index (κ3) is 2.49. The van der Waals surface area contributed by atoms with Crippen LogP contribution in [-0.2, 0) is 11.2 Å². The van der Waals surface area contributed by atoms with Gasteiger partial charge in [-0.3, -0.25) is 4.79 Å². The van der Waals surface area contributed by atoms with Crippen LogP contribution >= 0.6 is 0 Å². The molecule has 3 nitrogen and oxygen atoms in total. The molecule has 0 bridgehead atoms. The fourth-order valence-corrected chi connectivity index (χ4v) is 2.59. The minimum absolute atomic E-state index is 0.0331. The van der Waals surface area contributed by atoms with E-state index in [1.165, 1.54) is 13.2 Å². The van der Waals surface area contributed by atoms with Crippen molar-refractivity contribution in [3.05, 3.63) is 59.4 Å². The van der Waals surface area contributed by atoms with Crippen molar-refractivity contribution in [1.82, 2.24) is 0 Å². The molecule has 3 rings (SSSR count). The van der Waals surface area contributed by atoms with Crippen LogP contribution in [-0.4, -0.2) is 19.5 Å². The first-order valence-electron chi connectivity index (χ1n) is 6.76. The lowest BCUT2D eigenvalue weighted by atomic mass is 9.92. The first kappa shape index (κ1) is 13.6. The number of benzene rings is 2. The number of carbonyl (C=O) groups excluding carboxylic acids is 1. The van der Waals surface area contributed by atoms with Gasteiger partial charge in [0.15, 0.2) is 11.6 Å². The molecule has 0 radical (unpaired) electrons. The quantitative estimate of drug-likeness (QED) is 0.866. The molecule has 21 heavy (non-hydrogen) atoms. The summed E-state index contributed by atoms with van der Waals surface area (Å²) in [4.78, 5) is 12.4. The molecule has 0 saturated carbocycles. The standard InChI is InChI=1S/C17H15FO3/c1-20-16-8-4-5-11(17(16)18)9-14(19)13-10-21-15-7-3-2-6-12(13)15/h2-8,13H,9-10H2,1H3. The van der Waals surface area contributed by atoms with Crippen molar-refractivity contribution in [3.63, 3.8) is 0 Å². The van der Waals surface area contributed by atoms with Gasteiger partial charge in [-0.1, -0.05) is 30.3 Å². The van der Waals surface area contributed by atoms with Gasteiger partial charge in [0.05, 0.1) is 13.0 Å². The number of fused-ring (bicyclic) bond motifs is 1. The highest BCUT2D eigenvalue weighted by Gasteiger charge is 2.30. The predicted molar refractivity (Wildman–Crippen MR) is 76.3 cm³/mol. The molecule has 1 aliphatic heterocycles. The second kappa shape index (κ2) is 5.56. The van der Waals surface area contributed by atoms with Gasteiger partial charge in [0, 0.05) is 12.0 Å². The molecule has 108 valence electrons. The molecule has 2 aromatic rings. The number of para-hydroxylation sites is 1. The maximum atomic E-state index is 14.1. The molecule has 1 heterocycles. The topological polar surface area (TPSA) is 35.5 Å². The summed E-state index contributed by atoms with van der Waals surface area (Å²) < 4.78 is 24.6. The number of hydrogen-bond acceptors (Lipinski definition) is 3. The molecule has 0 aliphatic carbocycles. The summed E-state index contributed by atoms with van der Waals surface area (Å²) >= 11 is 0. The Morgan fingerprint density at radius 2 is 2.10 bits per heavy atom. The predicted octanol–water partition coefficient (Wildman–Crippen LogP) is 3.12. The van der Waals surface area contributed by atoms with E-state index < -0.39 is 5.82 Å². The normalized spacial score (nSPS) is 16.2. The molecular weight excluding hydrogens is 271 g/mol. The highest BCUT2D eigenvalue weighted by molar-refractivity contribution is 5.89. The maximum absolute atomic E-state index is 14.1. The van der Waals surface area contributed by atoms with Gasteiger partial charge in [0.1, 0.15) is 18.1 Å². The molecule has 0 fully saturated rings. The number of ether oxygens (including phenoxy) is 2. The number of ketones is 1. The average Bonchev–Trinajstić information content (AvgIpc) is 2.93. The lowest BCUT2D eigenvalue weighted by Crippen LogP contribution is -2.17. The van der Waals surface area contributed by atoms with Gasteiger partial charge in [-0.25, -0.2) is 4.39 Å². The Labute approximate surface area is 122 Å². The van der Waals surface area contributed by atoms with Crippen LogP contribution in [0.15, 0.2) is 42.5 Å². The highest BCUT2D eigenvalue weighted by Crippen LogP contribution is 2.35. The third-order valence-electron chi connectivity index (χ3n) is 3.72. The summed E-state index contributed by atoms with van der Waals surface area (Å²) in [6.45, 7) is 0.323. The number of halogens is 1. The lowest BCUT2D eigenvalue weighted by molar-refractivity contribution is -0.120. The van der Waals surface area contributed by atoms with E-state index in [9.17, 15) is 9.18 Å². The first-order chi connectivity index (χ1) is 10.2. The Hall–Kier alpha value is -2.36. The van der Waals surface area contributed by atoms with E-state index in [-0.39, 0.29) is 23.9 Å². The molecule has 0 N–H and O–H groups in total. The monoisotopic (exact) mass is 286 g/mol. The molecule has 4 heteroatoms. The smallest absolute Gasteiger partial charge is 0.168 e. The third-order valence-corrected chi connectivity index (χ3v) is 3.72. The Morgan fingerprint density at radius 1 is 1.29 bits per heavy atom. The number of rotatable bonds is 4. The molecule has 1 unspecified atom stereocenters. The van der Waals surface area contributed by atoms with Gasteiger partial charge in [-0.05, 0) is 17.7 Å². The van der Waals surface area contributed by atoms with Crippen molar-refractivity contribution in [2.45, 2.75) is 12.3 Å². The van der Waals surface area contributed by atoms with Crippen LogP contribution in [0.3, 0.4) is 0 Å². The highest BCUT2D eigenvalue weighted by atomic mass is 19.1. The SMILES string of the molecule is COc1cccc(CC(=O)C2COc3ccccc32)c1F. The molecule has 2 aromatic carbocycles. The van der Waals surface area contributed by atoms with Crippen LogP contribution in [0.1, 0.15) is 17.0 Å². The zero-order valence-corrected chi connectivity index (χ0v) is 11.6. The van der Waals surface area contributed by atoms with Crippen molar-refractivity contribution >= 4 is 5.78 Å². The minimum atomic E-state index is -0.472. The second-order valence-corrected chi connectivity index (χ2v) is 4.98. The molecular formula is C17H15FO3. The maximum Gasteiger partial charge on any atom is 0.168 e. The lowest BCUT2D eigenvalue weighted by Gasteiger charge is -2.10. The summed E-state index contributed by atoms with van der Waals surface area (Å²) in [5, 5.41) is 0. The van der Waals surface area contributed by atoms with Crippen LogP contribution in [0.25, 0.3) is 0 Å². The number of Topliss-reactive ketones (excluding diaryl/α,β-unsaturated/α-hetero) is 1. The van der Waals surface area contributed by atoms with E-state index in [0.717, 1.165) is 11.3 Å². The number of hydrogen-bond donors (Lipinski definition) is 0. The average molecular weight is 286 g/mol. The Morgan fingerprint density at radius 3 is 2.90 bits per heavy atom. The van der Waals surface area contributed by atoms with Crippen LogP contribution in [0, 0.1) is 5.82 Å². The summed E-state index contributed by atoms with van der Waals surface area (Å²) in [5.74, 6) is 0.0461. The van der Waals surface area contributed by atoms with E-state index in [4.69, 9.17) is 9.47 Å². The summed E-state index contributed by atoms with van der Waals surface area (Å²) in [7, 11) is 1.41. The van der Waals surface area contributed by atoms with Crippen LogP contribution in [0.4, 0.5) is 4.39 Å². The van der Waals surface area contributed by atoms with Crippen molar-refractivity contribution in [2.24, 2.45) is 0 Å². The van der Waals surface area contributed by atoms with E-state index in [0.29, 0.717) is 12.2 Å². The van der Waals surface area contributed by atoms with Crippen LogP contribution in [0.2, 0.25) is 0 Å². The zero-order chi connectivity index (χ0) is 14.8. The molecule has 1 aliphatic rings. The Balaban J connectivity index is 1.82. The minimum Gasteiger partial charge on any atom is -0.494 e. The fourth-order valence-electron chi connectivity index (χ4n) is 2.59. The first-order valence-corrected chi connectivity index (χ1v) is 6.76. The molecule has 0 amide bonds. The van der Waals surface area contributed by atoms with Gasteiger partial charge < -0.3 is 9.47 Å². The van der Waals surface area contributed by atoms with Gasteiger partial charge in [0.2, 0.25) is 0 Å². The number of carbonyl (C=O) groups is 1. The summed E-state index contributed by atoms with van der Waals surface area (Å²) in [5.41, 5.74) is 1.23. The van der Waals surface area contributed by atoms with E-state index in [1.807, 2.05) is 24.3 Å². The van der Waals surface area contributed by atoms with E-state index in [2.05, 4.69) is 0 Å². The van der Waals surface area contributed by atoms with Crippen LogP contribution in [0.5, 0.6) is 11.5 Å².